The van der Waals surface area contributed by atoms with Gasteiger partial charge in [-0.15, -0.1) is 0 Å². The molecule has 0 aliphatic heterocycles. The summed E-state index contributed by atoms with van der Waals surface area (Å²) in [7, 11) is 0. The number of nitrogens with one attached hydrogen (secondary N) is 1. The lowest BCUT2D eigenvalue weighted by Crippen LogP contribution is -2.15. The number of thioether (sulfide) groups is 1. The van der Waals surface area contributed by atoms with E-state index in [2.05, 4.69) is 11.6 Å². The Morgan fingerprint density at radius 3 is 2.78 bits per heavy atom. The molecule has 1 nitrogen and oxygen atoms in total. The summed E-state index contributed by atoms with van der Waals surface area (Å²) >= 11 is 7.78. The first-order chi connectivity index (χ1) is 8.75. The smallest absolute Gasteiger partial charge is 0.142 e. The Morgan fingerprint density at radius 1 is 1.22 bits per heavy atom. The van der Waals surface area contributed by atoms with Crippen molar-refractivity contribution in [1.29, 1.82) is 0 Å². The summed E-state index contributed by atoms with van der Waals surface area (Å²) < 4.78 is 13.2. The largest absolute Gasteiger partial charge is 0.313 e. The molecular formula is C14H21ClFNS. The Labute approximate surface area is 118 Å². The van der Waals surface area contributed by atoms with Gasteiger partial charge in [-0.25, -0.2) is 4.39 Å². The molecule has 0 saturated heterocycles. The molecule has 0 bridgehead atoms. The van der Waals surface area contributed by atoms with Crippen LogP contribution in [0.15, 0.2) is 18.2 Å². The minimum atomic E-state index is -0.340. The van der Waals surface area contributed by atoms with Gasteiger partial charge in [-0.2, -0.15) is 11.8 Å². The van der Waals surface area contributed by atoms with Crippen LogP contribution in [-0.4, -0.2) is 18.6 Å². The van der Waals surface area contributed by atoms with E-state index in [0.29, 0.717) is 6.54 Å². The number of benzene rings is 1. The second-order valence-corrected chi connectivity index (χ2v) is 5.66. The van der Waals surface area contributed by atoms with Gasteiger partial charge in [0.25, 0.3) is 0 Å². The van der Waals surface area contributed by atoms with Gasteiger partial charge in [0.1, 0.15) is 5.82 Å². The highest BCUT2D eigenvalue weighted by Gasteiger charge is 2.04. The summed E-state index contributed by atoms with van der Waals surface area (Å²) in [6, 6.07) is 4.94. The molecule has 1 N–H and O–H groups in total. The lowest BCUT2D eigenvalue weighted by Gasteiger charge is -2.07. The molecule has 18 heavy (non-hydrogen) atoms. The van der Waals surface area contributed by atoms with Crippen LogP contribution in [0.3, 0.4) is 0 Å². The van der Waals surface area contributed by atoms with E-state index >= 15 is 0 Å². The quantitative estimate of drug-likeness (QED) is 0.672. The van der Waals surface area contributed by atoms with Crippen LogP contribution in [0.5, 0.6) is 0 Å². The molecule has 0 spiro atoms. The number of unbranched alkanes of at least 4 members (excludes halogenated alkanes) is 3. The third-order valence-electron chi connectivity index (χ3n) is 2.80. The molecule has 0 unspecified atom stereocenters. The first kappa shape index (κ1) is 15.8. The third kappa shape index (κ3) is 6.07. The number of hydrogen-bond donors (Lipinski definition) is 1. The van der Waals surface area contributed by atoms with E-state index in [1.807, 2.05) is 17.8 Å². The number of hydrogen-bond acceptors (Lipinski definition) is 2. The Morgan fingerprint density at radius 2 is 2.00 bits per heavy atom. The van der Waals surface area contributed by atoms with Gasteiger partial charge in [-0.1, -0.05) is 36.6 Å². The molecule has 0 aromatic heterocycles. The average molecular weight is 290 g/mol. The van der Waals surface area contributed by atoms with Gasteiger partial charge in [0.2, 0.25) is 0 Å². The third-order valence-corrected chi connectivity index (χ3v) is 3.92. The van der Waals surface area contributed by atoms with Crippen LogP contribution in [0, 0.1) is 5.82 Å². The Bertz CT molecular complexity index is 347. The van der Waals surface area contributed by atoms with Crippen LogP contribution in [0.2, 0.25) is 5.02 Å². The van der Waals surface area contributed by atoms with Gasteiger partial charge in [0, 0.05) is 6.54 Å². The Hall–Kier alpha value is -0.250. The van der Waals surface area contributed by atoms with Crippen molar-refractivity contribution in [2.45, 2.75) is 32.2 Å². The fraction of sp³-hybridized carbons (Fsp3) is 0.571. The van der Waals surface area contributed by atoms with Gasteiger partial charge in [-0.3, -0.25) is 0 Å². The zero-order valence-electron chi connectivity index (χ0n) is 10.8. The molecule has 1 rings (SSSR count). The van der Waals surface area contributed by atoms with Gasteiger partial charge in [0.15, 0.2) is 0 Å². The van der Waals surface area contributed by atoms with E-state index in [1.165, 1.54) is 37.5 Å². The highest BCUT2D eigenvalue weighted by atomic mass is 35.5. The van der Waals surface area contributed by atoms with Crippen LogP contribution in [-0.2, 0) is 6.54 Å². The van der Waals surface area contributed by atoms with Crippen LogP contribution < -0.4 is 5.32 Å². The minimum Gasteiger partial charge on any atom is -0.313 e. The van der Waals surface area contributed by atoms with Crippen molar-refractivity contribution in [3.05, 3.63) is 34.6 Å². The standard InChI is InChI=1S/C14H21ClFNS/c1-18-10-5-3-2-4-9-17-11-12-7-6-8-13(16)14(12)15/h6-8,17H,2-5,9-11H2,1H3. The van der Waals surface area contributed by atoms with Crippen LogP contribution in [0.4, 0.5) is 4.39 Å². The summed E-state index contributed by atoms with van der Waals surface area (Å²) in [4.78, 5) is 0. The molecule has 4 heteroatoms. The van der Waals surface area contributed by atoms with Crippen molar-refractivity contribution in [2.75, 3.05) is 18.6 Å². The van der Waals surface area contributed by atoms with Crippen molar-refractivity contribution in [3.8, 4) is 0 Å². The minimum absolute atomic E-state index is 0.241. The first-order valence-corrected chi connectivity index (χ1v) is 8.15. The molecule has 0 atom stereocenters. The summed E-state index contributed by atoms with van der Waals surface area (Å²) in [6.45, 7) is 1.60. The van der Waals surface area contributed by atoms with Gasteiger partial charge in [-0.05, 0) is 43.0 Å². The molecule has 102 valence electrons. The normalized spacial score (nSPS) is 10.8. The number of rotatable bonds is 9. The van der Waals surface area contributed by atoms with E-state index in [0.717, 1.165) is 12.1 Å². The monoisotopic (exact) mass is 289 g/mol. The zero-order valence-corrected chi connectivity index (χ0v) is 12.4. The predicted octanol–water partition coefficient (Wildman–Crippen LogP) is 4.49. The van der Waals surface area contributed by atoms with Crippen molar-refractivity contribution < 1.29 is 4.39 Å². The SMILES string of the molecule is CSCCCCCCNCc1cccc(F)c1Cl. The average Bonchev–Trinajstić information content (AvgIpc) is 2.37. The molecule has 0 heterocycles. The maximum absolute atomic E-state index is 13.2. The fourth-order valence-corrected chi connectivity index (χ4v) is 2.44. The molecule has 1 aromatic rings. The summed E-state index contributed by atoms with van der Waals surface area (Å²) in [5.41, 5.74) is 0.832. The lowest BCUT2D eigenvalue weighted by atomic mass is 10.2. The molecule has 0 amide bonds. The maximum atomic E-state index is 13.2. The molecule has 0 saturated carbocycles. The van der Waals surface area contributed by atoms with Crippen molar-refractivity contribution in [1.82, 2.24) is 5.32 Å². The summed E-state index contributed by atoms with van der Waals surface area (Å²) in [6.07, 6.45) is 7.16. The summed E-state index contributed by atoms with van der Waals surface area (Å²) in [5.74, 6) is 0.916. The molecular weight excluding hydrogens is 269 g/mol. The highest BCUT2D eigenvalue weighted by molar-refractivity contribution is 7.98. The van der Waals surface area contributed by atoms with E-state index in [-0.39, 0.29) is 10.8 Å². The van der Waals surface area contributed by atoms with Gasteiger partial charge >= 0.3 is 0 Å². The second kappa shape index (κ2) is 9.65. The van der Waals surface area contributed by atoms with Crippen LogP contribution in [0.25, 0.3) is 0 Å². The van der Waals surface area contributed by atoms with Gasteiger partial charge < -0.3 is 5.32 Å². The highest BCUT2D eigenvalue weighted by Crippen LogP contribution is 2.19. The van der Waals surface area contributed by atoms with Crippen molar-refractivity contribution in [2.24, 2.45) is 0 Å². The van der Waals surface area contributed by atoms with Gasteiger partial charge in [0.05, 0.1) is 5.02 Å². The summed E-state index contributed by atoms with van der Waals surface area (Å²) in [5, 5.41) is 3.55. The van der Waals surface area contributed by atoms with E-state index in [1.54, 1.807) is 6.07 Å². The van der Waals surface area contributed by atoms with Crippen molar-refractivity contribution in [3.63, 3.8) is 0 Å². The molecule has 1 aromatic carbocycles. The lowest BCUT2D eigenvalue weighted by molar-refractivity contribution is 0.593. The second-order valence-electron chi connectivity index (χ2n) is 4.30. The predicted molar refractivity (Wildman–Crippen MR) is 80.0 cm³/mol. The molecule has 0 fully saturated rings. The number of halogens is 2. The van der Waals surface area contributed by atoms with Crippen LogP contribution in [0.1, 0.15) is 31.2 Å². The topological polar surface area (TPSA) is 12.0 Å². The zero-order chi connectivity index (χ0) is 13.2. The fourth-order valence-electron chi connectivity index (χ4n) is 1.76. The molecule has 0 aliphatic carbocycles. The molecule has 0 aliphatic rings. The van der Waals surface area contributed by atoms with Crippen LogP contribution >= 0.6 is 23.4 Å². The van der Waals surface area contributed by atoms with E-state index in [4.69, 9.17) is 11.6 Å². The Kier molecular flexibility index (Phi) is 8.47. The molecule has 0 radical (unpaired) electrons. The first-order valence-electron chi connectivity index (χ1n) is 6.38. The van der Waals surface area contributed by atoms with Crippen molar-refractivity contribution >= 4 is 23.4 Å². The maximum Gasteiger partial charge on any atom is 0.142 e. The van der Waals surface area contributed by atoms with E-state index in [9.17, 15) is 4.39 Å². The van der Waals surface area contributed by atoms with E-state index < -0.39 is 0 Å². The Balaban J connectivity index is 2.09.